The van der Waals surface area contributed by atoms with Gasteiger partial charge in [-0.05, 0) is 31.2 Å². The Balaban J connectivity index is 0. The van der Waals surface area contributed by atoms with Crippen LogP contribution in [-0.4, -0.2) is 125 Å². The quantitative estimate of drug-likeness (QED) is 0.749. The second-order valence-electron chi connectivity index (χ2n) is 2.59. The molecule has 15 heavy (non-hydrogen) atoms. The van der Waals surface area contributed by atoms with Crippen LogP contribution in [0.15, 0.2) is 24.3 Å². The molecule has 6 heteroatoms. The summed E-state index contributed by atoms with van der Waals surface area (Å²) < 4.78 is 5.02. The van der Waals surface area contributed by atoms with Gasteiger partial charge < -0.3 is 14.9 Å². The van der Waals surface area contributed by atoms with Gasteiger partial charge in [-0.1, -0.05) is 0 Å². The van der Waals surface area contributed by atoms with Gasteiger partial charge in [0.1, 0.15) is 11.5 Å². The molecule has 4 nitrogen and oxygen atoms in total. The fourth-order valence-corrected chi connectivity index (χ4v) is 0.779. The Hall–Kier alpha value is 1.56. The molecule has 2 N–H and O–H groups in total. The van der Waals surface area contributed by atoms with E-state index in [9.17, 15) is 4.79 Å². The second kappa shape index (κ2) is 9.58. The molecule has 1 rings (SSSR count). The predicted octanol–water partition coefficient (Wildman–Crippen LogP) is -0.0529. The number of benzene rings is 1. The van der Waals surface area contributed by atoms with E-state index in [1.807, 2.05) is 0 Å². The van der Waals surface area contributed by atoms with Gasteiger partial charge in [0, 0.05) is 0 Å². The van der Waals surface area contributed by atoms with Crippen molar-refractivity contribution in [3.05, 3.63) is 24.3 Å². The number of aliphatic carboxylic acids is 1. The normalized spacial score (nSPS) is 10.5. The van der Waals surface area contributed by atoms with Crippen LogP contribution in [0.1, 0.15) is 6.92 Å². The van der Waals surface area contributed by atoms with E-state index < -0.39 is 12.1 Å². The first-order chi connectivity index (χ1) is 6.09. The van der Waals surface area contributed by atoms with Gasteiger partial charge in [0.15, 0.2) is 6.10 Å². The number of ether oxygens (including phenoxy) is 1. The zero-order valence-corrected chi connectivity index (χ0v) is 7.10. The van der Waals surface area contributed by atoms with Gasteiger partial charge in [-0.15, -0.1) is 0 Å². The molecule has 0 fully saturated rings. The Morgan fingerprint density at radius 2 is 1.73 bits per heavy atom. The summed E-state index contributed by atoms with van der Waals surface area (Å²) in [7, 11) is 0. The molecule has 0 unspecified atom stereocenters. The van der Waals surface area contributed by atoms with Crippen molar-refractivity contribution in [1.82, 2.24) is 0 Å². The molecule has 0 aromatic heterocycles. The summed E-state index contributed by atoms with van der Waals surface area (Å²) in [4.78, 5) is 10.4. The average Bonchev–Trinajstić information content (AvgIpc) is 2.08. The van der Waals surface area contributed by atoms with Crippen molar-refractivity contribution in [3.63, 3.8) is 0 Å². The van der Waals surface area contributed by atoms with Crippen LogP contribution < -0.4 is 4.74 Å². The summed E-state index contributed by atoms with van der Waals surface area (Å²) in [6, 6.07) is 5.89. The van der Waals surface area contributed by atoms with Gasteiger partial charge in [-0.2, -0.15) is 0 Å². The van der Waals surface area contributed by atoms with Gasteiger partial charge in [0.2, 0.25) is 0 Å². The van der Waals surface area contributed by atoms with E-state index in [-0.39, 0.29) is 109 Å². The number of carboxylic acid groups (broad SMARTS) is 1. The molecule has 0 aliphatic heterocycles. The minimum absolute atomic E-state index is 0. The Kier molecular flexibility index (Phi) is 12.1. The topological polar surface area (TPSA) is 66.8 Å². The molecule has 0 bridgehead atoms. The number of hydrogen-bond donors (Lipinski definition) is 2. The Labute approximate surface area is 173 Å². The van der Waals surface area contributed by atoms with Crippen LogP contribution in [0, 0.1) is 0 Å². The SMILES string of the molecule is C[C@@H](Oc1ccc(O)cc1)C(=O)O.[KH].[KH]. The molecule has 0 aliphatic rings. The number of carboxylic acids is 1. The standard InChI is InChI=1S/C9H10O4.2K.2H/c1-6(9(11)12)13-8-4-2-7(10)3-5-8;;;;/h2-6,10H,1H3,(H,11,12);;;;/t6-;;;;/m1..../s1. The van der Waals surface area contributed by atoms with Gasteiger partial charge in [-0.3, -0.25) is 0 Å². The maximum atomic E-state index is 10.4. The molecule has 0 spiro atoms. The van der Waals surface area contributed by atoms with E-state index in [4.69, 9.17) is 14.9 Å². The first kappa shape index (κ1) is 18.9. The molecule has 0 saturated heterocycles. The summed E-state index contributed by atoms with van der Waals surface area (Å²) in [6.45, 7) is 1.44. The third-order valence-electron chi connectivity index (χ3n) is 1.50. The van der Waals surface area contributed by atoms with Crippen molar-refractivity contribution in [1.29, 1.82) is 0 Å². The Bertz CT molecular complexity index is 299. The molecular weight excluding hydrogens is 250 g/mol. The van der Waals surface area contributed by atoms with Crippen LogP contribution in [0.25, 0.3) is 0 Å². The molecule has 74 valence electrons. The number of carbonyl (C=O) groups is 1. The summed E-state index contributed by atoms with van der Waals surface area (Å²) in [5, 5.41) is 17.5. The summed E-state index contributed by atoms with van der Waals surface area (Å²) >= 11 is 0. The third kappa shape index (κ3) is 7.48. The van der Waals surface area contributed by atoms with Crippen molar-refractivity contribution in [2.45, 2.75) is 13.0 Å². The second-order valence-corrected chi connectivity index (χ2v) is 2.59. The number of rotatable bonds is 3. The molecule has 1 atom stereocenters. The van der Waals surface area contributed by atoms with E-state index in [2.05, 4.69) is 0 Å². The van der Waals surface area contributed by atoms with E-state index >= 15 is 0 Å². The molecular formula is C9H12K2O4. The van der Waals surface area contributed by atoms with Crippen molar-refractivity contribution in [2.24, 2.45) is 0 Å². The molecule has 0 saturated carbocycles. The summed E-state index contributed by atoms with van der Waals surface area (Å²) in [6.07, 6.45) is -0.885. The molecule has 0 radical (unpaired) electrons. The number of phenols is 1. The zero-order valence-electron chi connectivity index (χ0n) is 7.10. The minimum atomic E-state index is -1.02. The molecule has 0 heterocycles. The fraction of sp³-hybridized carbons (Fsp3) is 0.222. The van der Waals surface area contributed by atoms with E-state index in [1.54, 1.807) is 0 Å². The monoisotopic (exact) mass is 262 g/mol. The van der Waals surface area contributed by atoms with Crippen LogP contribution in [0.4, 0.5) is 0 Å². The van der Waals surface area contributed by atoms with E-state index in [1.165, 1.54) is 31.2 Å². The molecule has 1 aromatic carbocycles. The fourth-order valence-electron chi connectivity index (χ4n) is 0.779. The van der Waals surface area contributed by atoms with Crippen LogP contribution >= 0.6 is 0 Å². The predicted molar refractivity (Wildman–Crippen MR) is 60.1 cm³/mol. The molecule has 0 amide bonds. The Morgan fingerprint density at radius 1 is 1.27 bits per heavy atom. The van der Waals surface area contributed by atoms with E-state index in [0.717, 1.165) is 0 Å². The number of phenolic OH excluding ortho intramolecular Hbond substituents is 1. The van der Waals surface area contributed by atoms with Gasteiger partial charge in [0.25, 0.3) is 0 Å². The van der Waals surface area contributed by atoms with E-state index in [0.29, 0.717) is 5.75 Å². The molecule has 0 aliphatic carbocycles. The van der Waals surface area contributed by atoms with Gasteiger partial charge >= 0.3 is 109 Å². The zero-order chi connectivity index (χ0) is 9.84. The van der Waals surface area contributed by atoms with Crippen LogP contribution in [0.2, 0.25) is 0 Å². The van der Waals surface area contributed by atoms with Gasteiger partial charge in [0.05, 0.1) is 0 Å². The third-order valence-corrected chi connectivity index (χ3v) is 1.50. The Morgan fingerprint density at radius 3 is 2.13 bits per heavy atom. The molecule has 1 aromatic rings. The van der Waals surface area contributed by atoms with Crippen LogP contribution in [-0.2, 0) is 4.79 Å². The first-order valence-electron chi connectivity index (χ1n) is 3.78. The summed E-state index contributed by atoms with van der Waals surface area (Å²) in [5.74, 6) is -0.476. The average molecular weight is 262 g/mol. The number of aromatic hydroxyl groups is 1. The van der Waals surface area contributed by atoms with Crippen molar-refractivity contribution in [3.8, 4) is 11.5 Å². The van der Waals surface area contributed by atoms with Crippen molar-refractivity contribution < 1.29 is 19.7 Å². The number of hydrogen-bond acceptors (Lipinski definition) is 3. The van der Waals surface area contributed by atoms with Crippen molar-refractivity contribution >= 4 is 109 Å². The van der Waals surface area contributed by atoms with Gasteiger partial charge in [-0.25, -0.2) is 4.79 Å². The van der Waals surface area contributed by atoms with Crippen LogP contribution in [0.3, 0.4) is 0 Å². The first-order valence-corrected chi connectivity index (χ1v) is 3.78. The van der Waals surface area contributed by atoms with Crippen LogP contribution in [0.5, 0.6) is 11.5 Å². The maximum absolute atomic E-state index is 10.4. The van der Waals surface area contributed by atoms with Crippen molar-refractivity contribution in [2.75, 3.05) is 0 Å². The summed E-state index contributed by atoms with van der Waals surface area (Å²) in [5.41, 5.74) is 0.